The number of rotatable bonds is 6. The first kappa shape index (κ1) is 19.5. The third-order valence-corrected chi connectivity index (χ3v) is 3.30. The Morgan fingerprint density at radius 1 is 1.57 bits per heavy atom. The van der Waals surface area contributed by atoms with Crippen LogP contribution in [0.2, 0.25) is 0 Å². The van der Waals surface area contributed by atoms with Crippen molar-refractivity contribution in [1.82, 2.24) is 0 Å². The molecule has 2 N–H and O–H groups in total. The summed E-state index contributed by atoms with van der Waals surface area (Å²) < 4.78 is 47.1. The molecule has 3 nitrogen and oxygen atoms in total. The number of alkyl halides is 2. The maximum atomic E-state index is 14.1. The third kappa shape index (κ3) is 5.56. The second kappa shape index (κ2) is 8.95. The summed E-state index contributed by atoms with van der Waals surface area (Å²) in [5.41, 5.74) is 5.55. The minimum absolute atomic E-state index is 0.0179. The lowest BCUT2D eigenvalue weighted by Gasteiger charge is -2.19. The molecule has 0 amide bonds. The van der Waals surface area contributed by atoms with Crippen molar-refractivity contribution in [1.29, 1.82) is 0 Å². The quantitative estimate of drug-likeness (QED) is 0.375. The van der Waals surface area contributed by atoms with Crippen molar-refractivity contribution < 1.29 is 17.9 Å². The number of hydrogen-bond donors (Lipinski definition) is 1. The fourth-order valence-electron chi connectivity index (χ4n) is 1.76. The van der Waals surface area contributed by atoms with E-state index in [-0.39, 0.29) is 29.3 Å². The number of allylic oxidation sites excluding steroid dienone is 8. The highest BCUT2D eigenvalue weighted by molar-refractivity contribution is 14.1. The van der Waals surface area contributed by atoms with E-state index in [1.54, 1.807) is 6.08 Å². The van der Waals surface area contributed by atoms with Crippen LogP contribution in [0.15, 0.2) is 62.4 Å². The van der Waals surface area contributed by atoms with E-state index in [9.17, 15) is 13.2 Å². The molecule has 1 aliphatic rings. The molecule has 2 atom stereocenters. The van der Waals surface area contributed by atoms with Crippen molar-refractivity contribution in [2.45, 2.75) is 25.7 Å². The van der Waals surface area contributed by atoms with Gasteiger partial charge in [-0.15, -0.1) is 6.58 Å². The lowest BCUT2D eigenvalue weighted by atomic mass is 10.0. The van der Waals surface area contributed by atoms with Crippen molar-refractivity contribution in [3.8, 4) is 0 Å². The summed E-state index contributed by atoms with van der Waals surface area (Å²) in [6, 6.07) is 0. The lowest BCUT2D eigenvalue weighted by molar-refractivity contribution is 0.294. The van der Waals surface area contributed by atoms with Crippen LogP contribution in [0.4, 0.5) is 13.2 Å². The maximum absolute atomic E-state index is 14.1. The molecule has 1 aliphatic carbocycles. The third-order valence-electron chi connectivity index (χ3n) is 2.94. The molecule has 2 unspecified atom stereocenters. The molecule has 0 fully saturated rings. The molecule has 0 saturated carbocycles. The molecule has 0 aromatic rings. The Hall–Kier alpha value is -1.51. The number of hydrogen-bond acceptors (Lipinski definition) is 3. The van der Waals surface area contributed by atoms with Gasteiger partial charge in [0, 0.05) is 18.2 Å². The number of nitrogens with two attached hydrogens (primary N) is 1. The Morgan fingerprint density at radius 2 is 2.22 bits per heavy atom. The van der Waals surface area contributed by atoms with Crippen molar-refractivity contribution in [2.75, 3.05) is 7.11 Å². The van der Waals surface area contributed by atoms with E-state index in [0.717, 1.165) is 15.7 Å². The molecule has 1 rings (SSSR count). The van der Waals surface area contributed by atoms with Gasteiger partial charge in [0.05, 0.1) is 12.8 Å². The van der Waals surface area contributed by atoms with E-state index in [1.165, 1.54) is 13.2 Å². The summed E-state index contributed by atoms with van der Waals surface area (Å²) >= 11 is 2.07. The average molecular weight is 438 g/mol. The number of aliphatic imine (C=N–C) groups is 1. The van der Waals surface area contributed by atoms with Gasteiger partial charge in [0.1, 0.15) is 23.5 Å². The van der Waals surface area contributed by atoms with Gasteiger partial charge in [-0.05, 0) is 39.2 Å². The van der Waals surface area contributed by atoms with Crippen LogP contribution in [0, 0.1) is 0 Å². The molecule has 0 aromatic carbocycles. The number of methoxy groups -OCH3 is 1. The highest BCUT2D eigenvalue weighted by Crippen LogP contribution is 2.26. The van der Waals surface area contributed by atoms with Gasteiger partial charge >= 0.3 is 0 Å². The van der Waals surface area contributed by atoms with E-state index in [4.69, 9.17) is 10.5 Å². The molecule has 0 bridgehead atoms. The smallest absolute Gasteiger partial charge is 0.195 e. The number of nitrogens with zero attached hydrogens (tertiary/aromatic N) is 1. The topological polar surface area (TPSA) is 47.6 Å². The summed E-state index contributed by atoms with van der Waals surface area (Å²) in [5, 5.41) is 0. The molecule has 23 heavy (non-hydrogen) atoms. The first-order valence-corrected chi connectivity index (χ1v) is 7.81. The fraction of sp³-hybridized carbons (Fsp3) is 0.312. The monoisotopic (exact) mass is 438 g/mol. The normalized spacial score (nSPS) is 23.0. The van der Waals surface area contributed by atoms with Gasteiger partial charge in [0.25, 0.3) is 0 Å². The van der Waals surface area contributed by atoms with E-state index in [2.05, 4.69) is 34.2 Å². The summed E-state index contributed by atoms with van der Waals surface area (Å²) in [7, 11) is 1.29. The SMILES string of the molecule is C=CC(F)C/C(=C\C=C(/C)I)N=C1C(N)=C(OC)C=C(F)C1F. The Bertz CT molecular complexity index is 617. The second-order valence-corrected chi connectivity index (χ2v) is 6.44. The minimum atomic E-state index is -2.11. The molecule has 0 radical (unpaired) electrons. The van der Waals surface area contributed by atoms with Crippen LogP contribution < -0.4 is 5.73 Å². The van der Waals surface area contributed by atoms with Crippen LogP contribution in [0.5, 0.6) is 0 Å². The molecule has 0 aliphatic heterocycles. The van der Waals surface area contributed by atoms with Crippen LogP contribution in [0.1, 0.15) is 13.3 Å². The summed E-state index contributed by atoms with van der Waals surface area (Å²) in [5.74, 6) is -1.08. The van der Waals surface area contributed by atoms with Crippen molar-refractivity contribution in [2.24, 2.45) is 10.7 Å². The zero-order valence-corrected chi connectivity index (χ0v) is 15.0. The molecule has 0 spiro atoms. The zero-order chi connectivity index (χ0) is 17.6. The van der Waals surface area contributed by atoms with Crippen molar-refractivity contribution >= 4 is 28.3 Å². The first-order chi connectivity index (χ1) is 10.8. The number of halogens is 4. The van der Waals surface area contributed by atoms with E-state index < -0.39 is 18.2 Å². The van der Waals surface area contributed by atoms with Crippen molar-refractivity contribution in [3.63, 3.8) is 0 Å². The lowest BCUT2D eigenvalue weighted by Crippen LogP contribution is -2.29. The van der Waals surface area contributed by atoms with E-state index >= 15 is 0 Å². The van der Waals surface area contributed by atoms with E-state index in [0.29, 0.717) is 0 Å². The highest BCUT2D eigenvalue weighted by atomic mass is 127. The van der Waals surface area contributed by atoms with Gasteiger partial charge in [-0.3, -0.25) is 4.99 Å². The molecule has 0 aromatic heterocycles. The average Bonchev–Trinajstić information content (AvgIpc) is 2.51. The molecular formula is C16H18F3IN2O. The summed E-state index contributed by atoms with van der Waals surface area (Å²) in [6.07, 6.45) is 1.62. The number of ether oxygens (including phenoxy) is 1. The van der Waals surface area contributed by atoms with Crippen LogP contribution >= 0.6 is 22.6 Å². The molecular weight excluding hydrogens is 420 g/mol. The predicted octanol–water partition coefficient (Wildman–Crippen LogP) is 4.59. The van der Waals surface area contributed by atoms with Gasteiger partial charge in [-0.25, -0.2) is 13.2 Å². The molecule has 126 valence electrons. The Labute approximate surface area is 147 Å². The van der Waals surface area contributed by atoms with Gasteiger partial charge < -0.3 is 10.5 Å². The van der Waals surface area contributed by atoms with Crippen LogP contribution in [0.3, 0.4) is 0 Å². The van der Waals surface area contributed by atoms with Gasteiger partial charge in [0.15, 0.2) is 6.17 Å². The fourth-order valence-corrected chi connectivity index (χ4v) is 1.93. The largest absolute Gasteiger partial charge is 0.494 e. The summed E-state index contributed by atoms with van der Waals surface area (Å²) in [6.45, 7) is 5.19. The minimum Gasteiger partial charge on any atom is -0.494 e. The first-order valence-electron chi connectivity index (χ1n) is 6.73. The summed E-state index contributed by atoms with van der Waals surface area (Å²) in [4.78, 5) is 4.03. The molecule has 7 heteroatoms. The van der Waals surface area contributed by atoms with Gasteiger partial charge in [-0.2, -0.15) is 0 Å². The van der Waals surface area contributed by atoms with Crippen LogP contribution in [-0.4, -0.2) is 25.2 Å². The Kier molecular flexibility index (Phi) is 7.60. The van der Waals surface area contributed by atoms with Gasteiger partial charge in [0.2, 0.25) is 0 Å². The second-order valence-electron chi connectivity index (χ2n) is 4.74. The van der Waals surface area contributed by atoms with E-state index in [1.807, 2.05) is 6.92 Å². The van der Waals surface area contributed by atoms with Crippen LogP contribution in [0.25, 0.3) is 0 Å². The van der Waals surface area contributed by atoms with Gasteiger partial charge in [-0.1, -0.05) is 12.2 Å². The highest BCUT2D eigenvalue weighted by Gasteiger charge is 2.30. The maximum Gasteiger partial charge on any atom is 0.195 e. The molecule has 0 saturated heterocycles. The Morgan fingerprint density at radius 3 is 2.74 bits per heavy atom. The standard InChI is InChI=1S/C16H18F3IN2O/c1-4-10(17)7-11(6-5-9(2)20)22-16-14(19)12(18)8-13(23-3)15(16)21/h4-6,8,10,14H,1,7,21H2,2-3H3/b9-5+,11-6+,22-16?. The Balaban J connectivity index is 3.31. The van der Waals surface area contributed by atoms with Crippen LogP contribution in [-0.2, 0) is 4.74 Å². The van der Waals surface area contributed by atoms with Crippen molar-refractivity contribution in [3.05, 3.63) is 57.4 Å². The predicted molar refractivity (Wildman–Crippen MR) is 95.3 cm³/mol. The molecule has 0 heterocycles. The zero-order valence-electron chi connectivity index (χ0n) is 12.8.